The third-order valence-electron chi connectivity index (χ3n) is 3.37. The summed E-state index contributed by atoms with van der Waals surface area (Å²) in [6.45, 7) is 5.19. The molecule has 6 heteroatoms. The molecule has 2 heterocycles. The zero-order valence-electron chi connectivity index (χ0n) is 11.5. The molecule has 1 N–H and O–H groups in total. The third-order valence-corrected chi connectivity index (χ3v) is 3.37. The topological polar surface area (TPSA) is 67.6 Å². The number of carbonyl (C=O) groups is 1. The van der Waals surface area contributed by atoms with Crippen molar-refractivity contribution < 1.29 is 13.9 Å². The van der Waals surface area contributed by atoms with Crippen LogP contribution < -0.4 is 5.32 Å². The number of carbonyl (C=O) groups excluding carboxylic acids is 1. The van der Waals surface area contributed by atoms with Gasteiger partial charge in [0, 0.05) is 6.54 Å². The molecule has 106 valence electrons. The monoisotopic (exact) mass is 267 g/mol. The molecule has 1 aromatic rings. The average molecular weight is 267 g/mol. The molecule has 0 unspecified atom stereocenters. The maximum atomic E-state index is 11.4. The lowest BCUT2D eigenvalue weighted by molar-refractivity contribution is 0.0519. The van der Waals surface area contributed by atoms with Crippen LogP contribution in [-0.2, 0) is 4.74 Å². The Balaban J connectivity index is 1.78. The number of nitrogens with one attached hydrogen (secondary N) is 1. The number of likely N-dealkylation sites (tertiary alicyclic amines) is 1. The summed E-state index contributed by atoms with van der Waals surface area (Å²) in [5, 5.41) is 3.14. The minimum Gasteiger partial charge on any atom is -0.461 e. The first-order valence-electron chi connectivity index (χ1n) is 6.74. The van der Waals surface area contributed by atoms with Gasteiger partial charge in [0.05, 0.1) is 6.61 Å². The van der Waals surface area contributed by atoms with E-state index in [9.17, 15) is 4.79 Å². The molecule has 1 aromatic heterocycles. The SMILES string of the molecule is CCOC(=O)c1coc(NCC2CCN(C)CC2)n1. The van der Waals surface area contributed by atoms with Crippen molar-refractivity contribution >= 4 is 12.0 Å². The highest BCUT2D eigenvalue weighted by atomic mass is 16.5. The number of ether oxygens (including phenoxy) is 1. The van der Waals surface area contributed by atoms with Crippen LogP contribution in [0, 0.1) is 5.92 Å². The van der Waals surface area contributed by atoms with E-state index in [0.717, 1.165) is 19.6 Å². The molecule has 1 fully saturated rings. The van der Waals surface area contributed by atoms with Crippen LogP contribution in [-0.4, -0.2) is 49.1 Å². The van der Waals surface area contributed by atoms with Crippen molar-refractivity contribution in [3.05, 3.63) is 12.0 Å². The van der Waals surface area contributed by atoms with Gasteiger partial charge in [-0.3, -0.25) is 0 Å². The van der Waals surface area contributed by atoms with Gasteiger partial charge in [-0.25, -0.2) is 4.79 Å². The van der Waals surface area contributed by atoms with Gasteiger partial charge >= 0.3 is 5.97 Å². The largest absolute Gasteiger partial charge is 0.461 e. The molecule has 0 aromatic carbocycles. The van der Waals surface area contributed by atoms with E-state index >= 15 is 0 Å². The summed E-state index contributed by atoms with van der Waals surface area (Å²) < 4.78 is 10.1. The Morgan fingerprint density at radius 1 is 1.58 bits per heavy atom. The van der Waals surface area contributed by atoms with Crippen LogP contribution in [0.25, 0.3) is 0 Å². The van der Waals surface area contributed by atoms with Crippen LogP contribution in [0.3, 0.4) is 0 Å². The maximum Gasteiger partial charge on any atom is 0.360 e. The van der Waals surface area contributed by atoms with Crippen LogP contribution in [0.5, 0.6) is 0 Å². The van der Waals surface area contributed by atoms with Gasteiger partial charge in [-0.05, 0) is 45.8 Å². The summed E-state index contributed by atoms with van der Waals surface area (Å²) in [5.74, 6) is 0.188. The molecule has 1 aliphatic heterocycles. The van der Waals surface area contributed by atoms with E-state index in [1.54, 1.807) is 6.92 Å². The number of esters is 1. The Kier molecular flexibility index (Phi) is 4.79. The molecule has 0 amide bonds. The number of rotatable bonds is 5. The van der Waals surface area contributed by atoms with Crippen LogP contribution in [0.2, 0.25) is 0 Å². The third kappa shape index (κ3) is 3.96. The molecule has 0 bridgehead atoms. The number of hydrogen-bond donors (Lipinski definition) is 1. The predicted molar refractivity (Wildman–Crippen MR) is 71.2 cm³/mol. The smallest absolute Gasteiger partial charge is 0.360 e. The number of aromatic nitrogens is 1. The van der Waals surface area contributed by atoms with Crippen molar-refractivity contribution in [3.63, 3.8) is 0 Å². The van der Waals surface area contributed by atoms with Gasteiger partial charge in [-0.15, -0.1) is 0 Å². The Morgan fingerprint density at radius 2 is 2.32 bits per heavy atom. The van der Waals surface area contributed by atoms with Gasteiger partial charge in [-0.2, -0.15) is 4.98 Å². The second kappa shape index (κ2) is 6.56. The lowest BCUT2D eigenvalue weighted by Gasteiger charge is -2.28. The van der Waals surface area contributed by atoms with E-state index in [2.05, 4.69) is 22.2 Å². The van der Waals surface area contributed by atoms with Gasteiger partial charge in [0.1, 0.15) is 6.26 Å². The molecule has 2 rings (SSSR count). The molecule has 0 radical (unpaired) electrons. The first kappa shape index (κ1) is 13.9. The molecule has 1 saturated heterocycles. The molecular weight excluding hydrogens is 246 g/mol. The minimum absolute atomic E-state index is 0.215. The number of hydrogen-bond acceptors (Lipinski definition) is 6. The first-order valence-corrected chi connectivity index (χ1v) is 6.74. The number of piperidine rings is 1. The van der Waals surface area contributed by atoms with Gasteiger partial charge in [0.15, 0.2) is 5.69 Å². The van der Waals surface area contributed by atoms with Crippen molar-refractivity contribution in [2.24, 2.45) is 5.92 Å². The van der Waals surface area contributed by atoms with Crippen LogP contribution in [0.15, 0.2) is 10.7 Å². The molecule has 6 nitrogen and oxygen atoms in total. The summed E-state index contributed by atoms with van der Waals surface area (Å²) in [6, 6.07) is 0.391. The summed E-state index contributed by atoms with van der Waals surface area (Å²) in [5.41, 5.74) is 0.215. The standard InChI is InChI=1S/C13H21N3O3/c1-3-18-12(17)11-9-19-13(15-11)14-8-10-4-6-16(2)7-5-10/h9-10H,3-8H2,1-2H3,(H,14,15). The fourth-order valence-electron chi connectivity index (χ4n) is 2.15. The van der Waals surface area contributed by atoms with E-state index in [-0.39, 0.29) is 5.69 Å². The highest BCUT2D eigenvalue weighted by molar-refractivity contribution is 5.87. The molecular formula is C13H21N3O3. The highest BCUT2D eigenvalue weighted by Crippen LogP contribution is 2.17. The quantitative estimate of drug-likeness (QED) is 0.817. The molecule has 0 aliphatic carbocycles. The Labute approximate surface area is 113 Å². The van der Waals surface area contributed by atoms with Crippen LogP contribution in [0.4, 0.5) is 6.01 Å². The highest BCUT2D eigenvalue weighted by Gasteiger charge is 2.18. The molecule has 1 aliphatic rings. The summed E-state index contributed by atoms with van der Waals surface area (Å²) in [4.78, 5) is 17.8. The van der Waals surface area contributed by atoms with Crippen molar-refractivity contribution in [2.45, 2.75) is 19.8 Å². The first-order chi connectivity index (χ1) is 9.19. The fraction of sp³-hybridized carbons (Fsp3) is 0.692. The van der Waals surface area contributed by atoms with Crippen molar-refractivity contribution in [2.75, 3.05) is 38.6 Å². The number of oxazole rings is 1. The fourth-order valence-corrected chi connectivity index (χ4v) is 2.15. The summed E-state index contributed by atoms with van der Waals surface area (Å²) in [7, 11) is 2.14. The number of nitrogens with zero attached hydrogens (tertiary/aromatic N) is 2. The van der Waals surface area contributed by atoms with E-state index in [1.165, 1.54) is 19.1 Å². The second-order valence-corrected chi connectivity index (χ2v) is 4.89. The van der Waals surface area contributed by atoms with Gasteiger partial charge < -0.3 is 19.4 Å². The predicted octanol–water partition coefficient (Wildman–Crippen LogP) is 1.60. The number of anilines is 1. The summed E-state index contributed by atoms with van der Waals surface area (Å²) in [6.07, 6.45) is 3.68. The Bertz CT molecular complexity index is 411. The lowest BCUT2D eigenvalue weighted by atomic mass is 9.97. The zero-order valence-corrected chi connectivity index (χ0v) is 11.5. The second-order valence-electron chi connectivity index (χ2n) is 4.89. The molecule has 0 spiro atoms. The van der Waals surface area contributed by atoms with E-state index in [1.807, 2.05) is 0 Å². The zero-order chi connectivity index (χ0) is 13.7. The van der Waals surface area contributed by atoms with Crippen LogP contribution >= 0.6 is 0 Å². The molecule has 0 atom stereocenters. The van der Waals surface area contributed by atoms with Crippen molar-refractivity contribution in [1.29, 1.82) is 0 Å². The maximum absolute atomic E-state index is 11.4. The van der Waals surface area contributed by atoms with Crippen LogP contribution in [0.1, 0.15) is 30.3 Å². The van der Waals surface area contributed by atoms with Crippen molar-refractivity contribution in [3.8, 4) is 0 Å². The Hall–Kier alpha value is -1.56. The van der Waals surface area contributed by atoms with Gasteiger partial charge in [0.25, 0.3) is 6.01 Å². The molecule has 19 heavy (non-hydrogen) atoms. The average Bonchev–Trinajstić information content (AvgIpc) is 2.87. The normalized spacial score (nSPS) is 17.4. The van der Waals surface area contributed by atoms with Gasteiger partial charge in [0.2, 0.25) is 0 Å². The van der Waals surface area contributed by atoms with Crippen molar-refractivity contribution in [1.82, 2.24) is 9.88 Å². The van der Waals surface area contributed by atoms with E-state index < -0.39 is 5.97 Å². The van der Waals surface area contributed by atoms with Gasteiger partial charge in [-0.1, -0.05) is 0 Å². The Morgan fingerprint density at radius 3 is 3.00 bits per heavy atom. The van der Waals surface area contributed by atoms with E-state index in [0.29, 0.717) is 18.5 Å². The minimum atomic E-state index is -0.446. The van der Waals surface area contributed by atoms with E-state index in [4.69, 9.17) is 9.15 Å². The molecule has 0 saturated carbocycles. The lowest BCUT2D eigenvalue weighted by Crippen LogP contribution is -2.33. The summed E-state index contributed by atoms with van der Waals surface area (Å²) >= 11 is 0.